The molecule has 53 heavy (non-hydrogen) atoms. The molecule has 1 aliphatic carbocycles. The van der Waals surface area contributed by atoms with Gasteiger partial charge in [-0.1, -0.05) is 190 Å². The Hall–Kier alpha value is -6.50. The van der Waals surface area contributed by atoms with Crippen LogP contribution in [-0.4, -0.2) is 0 Å². The Balaban J connectivity index is 1.22. The smallest absolute Gasteiger partial charge is 0.0171 e. The Labute approximate surface area is 309 Å². The second kappa shape index (κ2) is 11.2. The van der Waals surface area contributed by atoms with E-state index >= 15 is 0 Å². The molecule has 0 unspecified atom stereocenters. The maximum Gasteiger partial charge on any atom is 0.0171 e. The molecule has 0 radical (unpaired) electrons. The SMILES string of the molecule is CC1(C)c2c(cccc2-c2c3ccccc3c(-c3ccccc3-c3cc4ccccc4c4ccccc34)c3ccccc23)-c2ccc3ccccc3c21. The van der Waals surface area contributed by atoms with Crippen LogP contribution >= 0.6 is 0 Å². The third-order valence-corrected chi connectivity index (χ3v) is 12.0. The largest absolute Gasteiger partial charge is 0.0616 e. The van der Waals surface area contributed by atoms with E-state index in [2.05, 4.69) is 196 Å². The van der Waals surface area contributed by atoms with Gasteiger partial charge < -0.3 is 0 Å². The molecule has 1 aliphatic rings. The molecule has 248 valence electrons. The number of hydrogen-bond donors (Lipinski definition) is 0. The van der Waals surface area contributed by atoms with Crippen molar-refractivity contribution in [2.45, 2.75) is 19.3 Å². The number of fused-ring (bicyclic) bond motifs is 10. The van der Waals surface area contributed by atoms with Gasteiger partial charge in [0.25, 0.3) is 0 Å². The van der Waals surface area contributed by atoms with Crippen LogP contribution in [0.5, 0.6) is 0 Å². The summed E-state index contributed by atoms with van der Waals surface area (Å²) >= 11 is 0. The Morgan fingerprint density at radius 3 is 1.40 bits per heavy atom. The summed E-state index contributed by atoms with van der Waals surface area (Å²) in [5.74, 6) is 0. The lowest BCUT2D eigenvalue weighted by atomic mass is 9.75. The number of rotatable bonds is 3. The van der Waals surface area contributed by atoms with E-state index in [4.69, 9.17) is 0 Å². The van der Waals surface area contributed by atoms with Crippen molar-refractivity contribution in [1.29, 1.82) is 0 Å². The molecular weight excluding hydrogens is 637 g/mol. The molecule has 0 atom stereocenters. The Bertz CT molecular complexity index is 3080. The molecule has 0 saturated carbocycles. The van der Waals surface area contributed by atoms with Gasteiger partial charge in [0.1, 0.15) is 0 Å². The van der Waals surface area contributed by atoms with Crippen LogP contribution in [0.3, 0.4) is 0 Å². The highest BCUT2D eigenvalue weighted by Crippen LogP contribution is 2.56. The minimum Gasteiger partial charge on any atom is -0.0616 e. The van der Waals surface area contributed by atoms with Crippen LogP contribution in [-0.2, 0) is 5.41 Å². The summed E-state index contributed by atoms with van der Waals surface area (Å²) < 4.78 is 0. The normalized spacial score (nSPS) is 13.2. The monoisotopic (exact) mass is 672 g/mol. The molecule has 0 heterocycles. The van der Waals surface area contributed by atoms with Gasteiger partial charge in [0.15, 0.2) is 0 Å². The lowest BCUT2D eigenvalue weighted by Gasteiger charge is -2.27. The van der Waals surface area contributed by atoms with Gasteiger partial charge in [-0.25, -0.2) is 0 Å². The maximum absolute atomic E-state index is 2.43. The fourth-order valence-corrected chi connectivity index (χ4v) is 9.87. The van der Waals surface area contributed by atoms with E-state index in [1.165, 1.54) is 109 Å². The second-order valence-corrected chi connectivity index (χ2v) is 15.1. The van der Waals surface area contributed by atoms with E-state index in [0.29, 0.717) is 0 Å². The summed E-state index contributed by atoms with van der Waals surface area (Å²) in [6.45, 7) is 4.85. The van der Waals surface area contributed by atoms with Crippen LogP contribution < -0.4 is 0 Å². The Morgan fingerprint density at radius 2 is 0.717 bits per heavy atom. The van der Waals surface area contributed by atoms with Crippen LogP contribution in [0.25, 0.3) is 98.4 Å². The summed E-state index contributed by atoms with van der Waals surface area (Å²) in [5.41, 5.74) is 13.0. The van der Waals surface area contributed by atoms with E-state index in [1.54, 1.807) is 0 Å². The van der Waals surface area contributed by atoms with E-state index in [9.17, 15) is 0 Å². The molecule has 0 aromatic heterocycles. The van der Waals surface area contributed by atoms with E-state index in [1.807, 2.05) is 0 Å². The van der Waals surface area contributed by atoms with Gasteiger partial charge in [-0.05, 0) is 116 Å². The molecule has 0 fully saturated rings. The molecule has 0 heteroatoms. The van der Waals surface area contributed by atoms with Gasteiger partial charge in [-0.3, -0.25) is 0 Å². The van der Waals surface area contributed by atoms with E-state index in [0.717, 1.165) is 0 Å². The fourth-order valence-electron chi connectivity index (χ4n) is 9.87. The molecule has 10 aromatic rings. The first-order valence-electron chi connectivity index (χ1n) is 18.7. The van der Waals surface area contributed by atoms with Crippen LogP contribution in [0.15, 0.2) is 182 Å². The van der Waals surface area contributed by atoms with Gasteiger partial charge in [-0.15, -0.1) is 0 Å². The van der Waals surface area contributed by atoms with Gasteiger partial charge in [0.2, 0.25) is 0 Å². The number of benzene rings is 10. The highest BCUT2D eigenvalue weighted by Gasteiger charge is 2.39. The highest BCUT2D eigenvalue weighted by atomic mass is 14.4. The third-order valence-electron chi connectivity index (χ3n) is 12.0. The topological polar surface area (TPSA) is 0 Å². The van der Waals surface area contributed by atoms with Crippen LogP contribution in [0.2, 0.25) is 0 Å². The van der Waals surface area contributed by atoms with Crippen molar-refractivity contribution < 1.29 is 0 Å². The Kier molecular flexibility index (Phi) is 6.40. The molecule has 0 saturated heterocycles. The average Bonchev–Trinajstić information content (AvgIpc) is 3.46. The summed E-state index contributed by atoms with van der Waals surface area (Å²) in [6, 6.07) is 67.8. The number of hydrogen-bond acceptors (Lipinski definition) is 0. The molecule has 10 aromatic carbocycles. The van der Waals surface area contributed by atoms with Crippen molar-refractivity contribution >= 4 is 53.9 Å². The summed E-state index contributed by atoms with van der Waals surface area (Å²) in [4.78, 5) is 0. The van der Waals surface area contributed by atoms with Crippen molar-refractivity contribution in [2.24, 2.45) is 0 Å². The molecule has 0 spiro atoms. The fraction of sp³-hybridized carbons (Fsp3) is 0.0566. The summed E-state index contributed by atoms with van der Waals surface area (Å²) in [5, 5.41) is 12.9. The average molecular weight is 673 g/mol. The van der Waals surface area contributed by atoms with Crippen LogP contribution in [0, 0.1) is 0 Å². The maximum atomic E-state index is 2.43. The first-order chi connectivity index (χ1) is 26.1. The third kappa shape index (κ3) is 4.24. The van der Waals surface area contributed by atoms with Crippen molar-refractivity contribution in [2.75, 3.05) is 0 Å². The van der Waals surface area contributed by atoms with Crippen molar-refractivity contribution in [3.05, 3.63) is 193 Å². The summed E-state index contributed by atoms with van der Waals surface area (Å²) in [7, 11) is 0. The van der Waals surface area contributed by atoms with Gasteiger partial charge in [-0.2, -0.15) is 0 Å². The zero-order valence-electron chi connectivity index (χ0n) is 29.8. The minimum atomic E-state index is -0.188. The van der Waals surface area contributed by atoms with Gasteiger partial charge in [0.05, 0.1) is 0 Å². The highest BCUT2D eigenvalue weighted by molar-refractivity contribution is 6.24. The molecule has 0 aliphatic heterocycles. The molecule has 11 rings (SSSR count). The minimum absolute atomic E-state index is 0.188. The van der Waals surface area contributed by atoms with Crippen molar-refractivity contribution in [3.63, 3.8) is 0 Å². The first-order valence-corrected chi connectivity index (χ1v) is 18.7. The predicted molar refractivity (Wildman–Crippen MR) is 228 cm³/mol. The molecule has 0 amide bonds. The molecule has 0 bridgehead atoms. The molecular formula is C53H36. The standard InChI is InChI=1S/C53H36/c1-53(2)51-36-19-6-3-16-33(36)30-31-46(51)45-28-15-29-47(52(45)53)50-43-26-13-11-24-41(43)49(42-25-12-14-27-44(42)50)40-23-10-9-22-39(40)48-32-34-17-4-5-18-35(34)37-20-7-8-21-38(37)48/h3-32H,1-2H3. The second-order valence-electron chi connectivity index (χ2n) is 15.1. The lowest BCUT2D eigenvalue weighted by molar-refractivity contribution is 0.668. The van der Waals surface area contributed by atoms with Crippen molar-refractivity contribution in [1.82, 2.24) is 0 Å². The van der Waals surface area contributed by atoms with E-state index in [-0.39, 0.29) is 5.41 Å². The summed E-state index contributed by atoms with van der Waals surface area (Å²) in [6.07, 6.45) is 0. The first kappa shape index (κ1) is 30.2. The molecule has 0 nitrogen and oxygen atoms in total. The zero-order chi connectivity index (χ0) is 35.3. The molecule has 0 N–H and O–H groups in total. The van der Waals surface area contributed by atoms with Crippen molar-refractivity contribution in [3.8, 4) is 44.5 Å². The lowest BCUT2D eigenvalue weighted by Crippen LogP contribution is -2.17. The van der Waals surface area contributed by atoms with E-state index < -0.39 is 0 Å². The Morgan fingerprint density at radius 1 is 0.264 bits per heavy atom. The predicted octanol–water partition coefficient (Wildman–Crippen LogP) is 14.8. The van der Waals surface area contributed by atoms with Crippen LogP contribution in [0.4, 0.5) is 0 Å². The van der Waals surface area contributed by atoms with Crippen LogP contribution in [0.1, 0.15) is 25.0 Å². The zero-order valence-corrected chi connectivity index (χ0v) is 29.8. The van der Waals surface area contributed by atoms with Gasteiger partial charge in [0, 0.05) is 5.41 Å². The van der Waals surface area contributed by atoms with Gasteiger partial charge >= 0.3 is 0 Å². The quantitative estimate of drug-likeness (QED) is 0.129.